The molecule has 1 aromatic carbocycles. The molecular formula is C14H25N3O3S. The number of para-hydroxylation sites is 1. The van der Waals surface area contributed by atoms with Gasteiger partial charge in [0.15, 0.2) is 0 Å². The maximum atomic E-state index is 12.3. The fourth-order valence-corrected chi connectivity index (χ4v) is 3.28. The predicted molar refractivity (Wildman–Crippen MR) is 86.1 cm³/mol. The SMILES string of the molecule is CCN(c1cccc(S(=O)(=O)N(C)C)c1N)C(C)COC. The van der Waals surface area contributed by atoms with E-state index in [2.05, 4.69) is 0 Å². The number of hydrogen-bond acceptors (Lipinski definition) is 5. The Labute approximate surface area is 127 Å². The van der Waals surface area contributed by atoms with Gasteiger partial charge >= 0.3 is 0 Å². The van der Waals surface area contributed by atoms with Crippen LogP contribution in [0.4, 0.5) is 11.4 Å². The van der Waals surface area contributed by atoms with Crippen LogP contribution in [-0.2, 0) is 14.8 Å². The molecule has 0 bridgehead atoms. The molecule has 0 aliphatic heterocycles. The minimum Gasteiger partial charge on any atom is -0.396 e. The van der Waals surface area contributed by atoms with Gasteiger partial charge in [-0.25, -0.2) is 12.7 Å². The summed E-state index contributed by atoms with van der Waals surface area (Å²) in [5, 5.41) is 0. The van der Waals surface area contributed by atoms with Crippen LogP contribution in [-0.4, -0.2) is 53.1 Å². The molecule has 0 saturated carbocycles. The lowest BCUT2D eigenvalue weighted by molar-refractivity contribution is 0.182. The van der Waals surface area contributed by atoms with Gasteiger partial charge < -0.3 is 15.4 Å². The summed E-state index contributed by atoms with van der Waals surface area (Å²) >= 11 is 0. The molecule has 1 aromatic rings. The zero-order valence-electron chi connectivity index (χ0n) is 13.3. The zero-order valence-corrected chi connectivity index (χ0v) is 14.1. The van der Waals surface area contributed by atoms with E-state index in [1.165, 1.54) is 20.2 Å². The van der Waals surface area contributed by atoms with Crippen LogP contribution in [0.5, 0.6) is 0 Å². The van der Waals surface area contributed by atoms with Gasteiger partial charge in [-0.2, -0.15) is 0 Å². The van der Waals surface area contributed by atoms with Crippen LogP contribution < -0.4 is 10.6 Å². The molecule has 1 rings (SSSR count). The molecule has 0 saturated heterocycles. The first-order valence-corrected chi connectivity index (χ1v) is 8.27. The Morgan fingerprint density at radius 3 is 2.43 bits per heavy atom. The number of likely N-dealkylation sites (N-methyl/N-ethyl adjacent to an activating group) is 1. The number of rotatable bonds is 7. The summed E-state index contributed by atoms with van der Waals surface area (Å²) in [6.07, 6.45) is 0. The molecule has 7 heteroatoms. The van der Waals surface area contributed by atoms with Crippen molar-refractivity contribution in [3.8, 4) is 0 Å². The average Bonchev–Trinajstić information content (AvgIpc) is 2.41. The lowest BCUT2D eigenvalue weighted by Gasteiger charge is -2.31. The van der Waals surface area contributed by atoms with Crippen LogP contribution in [0.1, 0.15) is 13.8 Å². The normalized spacial score (nSPS) is 13.4. The highest BCUT2D eigenvalue weighted by molar-refractivity contribution is 7.89. The van der Waals surface area contributed by atoms with Gasteiger partial charge in [-0.15, -0.1) is 0 Å². The molecule has 21 heavy (non-hydrogen) atoms. The van der Waals surface area contributed by atoms with Gasteiger partial charge in [-0.3, -0.25) is 0 Å². The fourth-order valence-electron chi connectivity index (χ4n) is 2.26. The van der Waals surface area contributed by atoms with Crippen molar-refractivity contribution in [3.05, 3.63) is 18.2 Å². The number of methoxy groups -OCH3 is 1. The third-order valence-corrected chi connectivity index (χ3v) is 5.27. The quantitative estimate of drug-likeness (QED) is 0.769. The maximum absolute atomic E-state index is 12.3. The molecule has 0 fully saturated rings. The molecule has 1 atom stereocenters. The molecule has 0 aliphatic carbocycles. The number of sulfonamides is 1. The standard InChI is InChI=1S/C14H25N3O3S/c1-6-17(11(2)10-20-5)12-8-7-9-13(14(12)15)21(18,19)16(3)4/h7-9,11H,6,10,15H2,1-5H3. The summed E-state index contributed by atoms with van der Waals surface area (Å²) in [6, 6.07) is 5.17. The number of benzene rings is 1. The van der Waals surface area contributed by atoms with Crippen molar-refractivity contribution < 1.29 is 13.2 Å². The van der Waals surface area contributed by atoms with Crippen molar-refractivity contribution in [1.82, 2.24) is 4.31 Å². The molecule has 2 N–H and O–H groups in total. The minimum atomic E-state index is -3.56. The zero-order chi connectivity index (χ0) is 16.2. The van der Waals surface area contributed by atoms with Crippen LogP contribution in [0.15, 0.2) is 23.1 Å². The third kappa shape index (κ3) is 3.66. The Morgan fingerprint density at radius 1 is 1.33 bits per heavy atom. The van der Waals surface area contributed by atoms with Gasteiger partial charge in [-0.1, -0.05) is 6.07 Å². The van der Waals surface area contributed by atoms with Crippen molar-refractivity contribution in [2.24, 2.45) is 0 Å². The monoisotopic (exact) mass is 315 g/mol. The predicted octanol–water partition coefficient (Wildman–Crippen LogP) is 1.38. The number of ether oxygens (including phenoxy) is 1. The van der Waals surface area contributed by atoms with Crippen LogP contribution in [0.25, 0.3) is 0 Å². The second kappa shape index (κ2) is 7.11. The Balaban J connectivity index is 3.34. The molecule has 1 unspecified atom stereocenters. The van der Waals surface area contributed by atoms with E-state index < -0.39 is 10.0 Å². The summed E-state index contributed by atoms with van der Waals surface area (Å²) < 4.78 is 31.0. The molecule has 0 spiro atoms. The van der Waals surface area contributed by atoms with E-state index >= 15 is 0 Å². The Hall–Kier alpha value is -1.31. The first kappa shape index (κ1) is 17.7. The number of anilines is 2. The second-order valence-electron chi connectivity index (χ2n) is 5.07. The summed E-state index contributed by atoms with van der Waals surface area (Å²) in [4.78, 5) is 2.17. The summed E-state index contributed by atoms with van der Waals surface area (Å²) in [5.41, 5.74) is 7.12. The summed E-state index contributed by atoms with van der Waals surface area (Å²) in [5.74, 6) is 0. The van der Waals surface area contributed by atoms with Crippen molar-refractivity contribution in [3.63, 3.8) is 0 Å². The van der Waals surface area contributed by atoms with Crippen molar-refractivity contribution in [2.75, 3.05) is 45.0 Å². The third-order valence-electron chi connectivity index (χ3n) is 3.39. The van der Waals surface area contributed by atoms with Crippen LogP contribution in [0.3, 0.4) is 0 Å². The number of nitrogen functional groups attached to an aromatic ring is 1. The van der Waals surface area contributed by atoms with E-state index in [0.717, 1.165) is 4.31 Å². The van der Waals surface area contributed by atoms with Crippen molar-refractivity contribution in [2.45, 2.75) is 24.8 Å². The highest BCUT2D eigenvalue weighted by Gasteiger charge is 2.24. The fraction of sp³-hybridized carbons (Fsp3) is 0.571. The number of nitrogens with two attached hydrogens (primary N) is 1. The van der Waals surface area contributed by atoms with E-state index in [-0.39, 0.29) is 16.6 Å². The van der Waals surface area contributed by atoms with Gasteiger partial charge in [0.2, 0.25) is 10.0 Å². The number of hydrogen-bond donors (Lipinski definition) is 1. The van der Waals surface area contributed by atoms with Gasteiger partial charge in [0.05, 0.1) is 18.0 Å². The minimum absolute atomic E-state index is 0.0969. The molecule has 0 radical (unpaired) electrons. The van der Waals surface area contributed by atoms with Crippen LogP contribution in [0, 0.1) is 0 Å². The lowest BCUT2D eigenvalue weighted by atomic mass is 10.2. The lowest BCUT2D eigenvalue weighted by Crippen LogP contribution is -2.37. The van der Waals surface area contributed by atoms with Gasteiger partial charge in [-0.05, 0) is 26.0 Å². The van der Waals surface area contributed by atoms with Gasteiger partial charge in [0, 0.05) is 33.8 Å². The van der Waals surface area contributed by atoms with Crippen LogP contribution >= 0.6 is 0 Å². The Morgan fingerprint density at radius 2 is 1.95 bits per heavy atom. The molecule has 0 amide bonds. The smallest absolute Gasteiger partial charge is 0.244 e. The molecule has 0 aliphatic rings. The highest BCUT2D eigenvalue weighted by Crippen LogP contribution is 2.32. The van der Waals surface area contributed by atoms with Gasteiger partial charge in [0.1, 0.15) is 4.90 Å². The maximum Gasteiger partial charge on any atom is 0.244 e. The topological polar surface area (TPSA) is 75.9 Å². The molecule has 120 valence electrons. The van der Waals surface area contributed by atoms with E-state index in [1.807, 2.05) is 24.8 Å². The largest absolute Gasteiger partial charge is 0.396 e. The van der Waals surface area contributed by atoms with Gasteiger partial charge in [0.25, 0.3) is 0 Å². The first-order valence-electron chi connectivity index (χ1n) is 6.83. The van der Waals surface area contributed by atoms with E-state index in [0.29, 0.717) is 18.8 Å². The van der Waals surface area contributed by atoms with Crippen molar-refractivity contribution >= 4 is 21.4 Å². The molecular weight excluding hydrogens is 290 g/mol. The average molecular weight is 315 g/mol. The Bertz CT molecular complexity index is 573. The van der Waals surface area contributed by atoms with Crippen molar-refractivity contribution in [1.29, 1.82) is 0 Å². The molecule has 0 aromatic heterocycles. The van der Waals surface area contributed by atoms with E-state index in [9.17, 15) is 8.42 Å². The van der Waals surface area contributed by atoms with Crippen LogP contribution in [0.2, 0.25) is 0 Å². The molecule has 6 nitrogen and oxygen atoms in total. The Kier molecular flexibility index (Phi) is 6.00. The number of nitrogens with zero attached hydrogens (tertiary/aromatic N) is 2. The molecule has 0 heterocycles. The summed E-state index contributed by atoms with van der Waals surface area (Å²) in [6.45, 7) is 5.26. The van der Waals surface area contributed by atoms with E-state index in [1.54, 1.807) is 13.2 Å². The van der Waals surface area contributed by atoms with E-state index in [4.69, 9.17) is 10.5 Å². The first-order chi connectivity index (χ1) is 9.77. The second-order valence-corrected chi connectivity index (χ2v) is 7.19. The summed E-state index contributed by atoms with van der Waals surface area (Å²) in [7, 11) is 1.07. The highest BCUT2D eigenvalue weighted by atomic mass is 32.2.